The van der Waals surface area contributed by atoms with E-state index >= 15 is 0 Å². The molecule has 114 valence electrons. The number of nitrogens with zero attached hydrogens (tertiary/aromatic N) is 1. The first kappa shape index (κ1) is 15.3. The molecular weight excluding hydrogens is 260 g/mol. The minimum absolute atomic E-state index is 0.0171. The number of hydrogen-bond acceptors (Lipinski definition) is 4. The van der Waals surface area contributed by atoms with Crippen LogP contribution < -0.4 is 5.32 Å². The van der Waals surface area contributed by atoms with E-state index in [1.54, 1.807) is 12.0 Å². The highest BCUT2D eigenvalue weighted by Crippen LogP contribution is 2.20. The third-order valence-corrected chi connectivity index (χ3v) is 4.00. The lowest BCUT2D eigenvalue weighted by Crippen LogP contribution is -2.40. The molecule has 2 fully saturated rings. The number of ether oxygens (including phenoxy) is 2. The molecule has 0 saturated carbocycles. The molecule has 1 N–H and O–H groups in total. The van der Waals surface area contributed by atoms with Gasteiger partial charge in [0.2, 0.25) is 11.8 Å². The molecule has 6 nitrogen and oxygen atoms in total. The Kier molecular flexibility index (Phi) is 5.37. The van der Waals surface area contributed by atoms with Crippen molar-refractivity contribution in [1.29, 1.82) is 0 Å². The summed E-state index contributed by atoms with van der Waals surface area (Å²) >= 11 is 0. The van der Waals surface area contributed by atoms with Gasteiger partial charge in [-0.2, -0.15) is 0 Å². The molecule has 2 saturated heterocycles. The maximum absolute atomic E-state index is 12.1. The quantitative estimate of drug-likeness (QED) is 0.755. The first-order valence-corrected chi connectivity index (χ1v) is 7.29. The predicted octanol–water partition coefficient (Wildman–Crippen LogP) is 0.165. The Labute approximate surface area is 119 Å². The van der Waals surface area contributed by atoms with Gasteiger partial charge >= 0.3 is 0 Å². The van der Waals surface area contributed by atoms with Crippen LogP contribution in [0.25, 0.3) is 0 Å². The van der Waals surface area contributed by atoms with Gasteiger partial charge in [0, 0.05) is 33.2 Å². The molecule has 3 atom stereocenters. The topological polar surface area (TPSA) is 67.9 Å². The fraction of sp³-hybridized carbons (Fsp3) is 0.857. The Morgan fingerprint density at radius 3 is 3.05 bits per heavy atom. The van der Waals surface area contributed by atoms with Crippen LogP contribution in [-0.4, -0.2) is 62.3 Å². The molecule has 2 aliphatic heterocycles. The van der Waals surface area contributed by atoms with Crippen molar-refractivity contribution < 1.29 is 19.1 Å². The van der Waals surface area contributed by atoms with Gasteiger partial charge in [-0.15, -0.1) is 0 Å². The molecule has 20 heavy (non-hydrogen) atoms. The second-order valence-electron chi connectivity index (χ2n) is 5.63. The molecule has 0 bridgehead atoms. The summed E-state index contributed by atoms with van der Waals surface area (Å²) in [5, 5.41) is 2.90. The van der Waals surface area contributed by atoms with Crippen LogP contribution in [0, 0.1) is 5.92 Å². The van der Waals surface area contributed by atoms with Crippen LogP contribution in [0.15, 0.2) is 0 Å². The molecule has 2 aliphatic rings. The smallest absolute Gasteiger partial charge is 0.225 e. The number of likely N-dealkylation sites (tertiary alicyclic amines) is 1. The van der Waals surface area contributed by atoms with E-state index in [2.05, 4.69) is 5.32 Å². The maximum atomic E-state index is 12.1. The van der Waals surface area contributed by atoms with Crippen molar-refractivity contribution in [2.75, 3.05) is 33.4 Å². The minimum atomic E-state index is -0.247. The monoisotopic (exact) mass is 284 g/mol. The average molecular weight is 284 g/mol. The van der Waals surface area contributed by atoms with E-state index in [1.807, 2.05) is 6.92 Å². The zero-order valence-corrected chi connectivity index (χ0v) is 12.3. The van der Waals surface area contributed by atoms with Crippen molar-refractivity contribution in [3.63, 3.8) is 0 Å². The Morgan fingerprint density at radius 2 is 2.40 bits per heavy atom. The highest BCUT2D eigenvalue weighted by atomic mass is 16.5. The van der Waals surface area contributed by atoms with Crippen LogP contribution >= 0.6 is 0 Å². The highest BCUT2D eigenvalue weighted by molar-refractivity contribution is 5.89. The first-order valence-electron chi connectivity index (χ1n) is 7.29. The van der Waals surface area contributed by atoms with E-state index in [0.717, 1.165) is 19.4 Å². The molecule has 0 aromatic heterocycles. The maximum Gasteiger partial charge on any atom is 0.225 e. The number of rotatable bonds is 6. The summed E-state index contributed by atoms with van der Waals surface area (Å²) in [6.07, 6.45) is 2.50. The number of amides is 2. The normalized spacial score (nSPS) is 27.9. The number of hydrogen-bond donors (Lipinski definition) is 1. The fourth-order valence-electron chi connectivity index (χ4n) is 2.83. The molecule has 0 aliphatic carbocycles. The second-order valence-corrected chi connectivity index (χ2v) is 5.63. The van der Waals surface area contributed by atoms with Crippen molar-refractivity contribution in [2.45, 2.75) is 38.3 Å². The van der Waals surface area contributed by atoms with Gasteiger partial charge in [0.25, 0.3) is 0 Å². The third kappa shape index (κ3) is 3.70. The van der Waals surface area contributed by atoms with E-state index in [9.17, 15) is 9.59 Å². The Balaban J connectivity index is 1.78. The number of carbonyl (C=O) groups is 2. The lowest BCUT2D eigenvalue weighted by atomic mass is 10.1. The number of nitrogens with one attached hydrogen (secondary N) is 1. The van der Waals surface area contributed by atoms with Gasteiger partial charge in [0.1, 0.15) is 0 Å². The molecule has 0 aromatic rings. The fourth-order valence-corrected chi connectivity index (χ4v) is 2.83. The minimum Gasteiger partial charge on any atom is -0.383 e. The van der Waals surface area contributed by atoms with Gasteiger partial charge in [-0.05, 0) is 19.8 Å². The SMILES string of the molecule is COC[C@@H](C)N1C[C@@H](C(=O)NC[C@@H]2CCCO2)CC1=O. The summed E-state index contributed by atoms with van der Waals surface area (Å²) in [7, 11) is 1.61. The molecule has 0 spiro atoms. The lowest BCUT2D eigenvalue weighted by Gasteiger charge is -2.24. The molecule has 6 heteroatoms. The van der Waals surface area contributed by atoms with Crippen LogP contribution in [0.4, 0.5) is 0 Å². The summed E-state index contributed by atoms with van der Waals surface area (Å²) in [5.41, 5.74) is 0. The first-order chi connectivity index (χ1) is 9.61. The standard InChI is InChI=1S/C14H24N2O4/c1-10(9-19-2)16-8-11(6-13(16)17)14(18)15-7-12-4-3-5-20-12/h10-12H,3-9H2,1-2H3,(H,15,18)/t10-,11+,12+/m1/s1. The molecule has 0 unspecified atom stereocenters. The van der Waals surface area contributed by atoms with Gasteiger partial charge in [0.15, 0.2) is 0 Å². The highest BCUT2D eigenvalue weighted by Gasteiger charge is 2.36. The van der Waals surface area contributed by atoms with Crippen LogP contribution in [0.5, 0.6) is 0 Å². The van der Waals surface area contributed by atoms with Crippen molar-refractivity contribution >= 4 is 11.8 Å². The zero-order chi connectivity index (χ0) is 14.5. The Morgan fingerprint density at radius 1 is 1.60 bits per heavy atom. The van der Waals surface area contributed by atoms with Gasteiger partial charge in [-0.25, -0.2) is 0 Å². The molecule has 2 heterocycles. The summed E-state index contributed by atoms with van der Waals surface area (Å²) in [5.74, 6) is -0.254. The van der Waals surface area contributed by atoms with Crippen molar-refractivity contribution in [3.8, 4) is 0 Å². The van der Waals surface area contributed by atoms with Crippen molar-refractivity contribution in [3.05, 3.63) is 0 Å². The summed E-state index contributed by atoms with van der Waals surface area (Å²) < 4.78 is 10.5. The van der Waals surface area contributed by atoms with Crippen molar-refractivity contribution in [2.24, 2.45) is 5.92 Å². The van der Waals surface area contributed by atoms with Gasteiger partial charge in [0.05, 0.1) is 24.7 Å². The van der Waals surface area contributed by atoms with Gasteiger partial charge in [-0.3, -0.25) is 9.59 Å². The average Bonchev–Trinajstić information content (AvgIpc) is 3.05. The molecule has 0 aromatic carbocycles. The zero-order valence-electron chi connectivity index (χ0n) is 12.3. The third-order valence-electron chi connectivity index (χ3n) is 4.00. The molecular formula is C14H24N2O4. The van der Waals surface area contributed by atoms with Crippen LogP contribution in [0.1, 0.15) is 26.2 Å². The number of carbonyl (C=O) groups excluding carboxylic acids is 2. The van der Waals surface area contributed by atoms with Crippen LogP contribution in [0.3, 0.4) is 0 Å². The summed E-state index contributed by atoms with van der Waals surface area (Å²) in [4.78, 5) is 25.8. The van der Waals surface area contributed by atoms with Gasteiger partial charge in [-0.1, -0.05) is 0 Å². The lowest BCUT2D eigenvalue weighted by molar-refractivity contribution is -0.130. The van der Waals surface area contributed by atoms with Crippen molar-refractivity contribution in [1.82, 2.24) is 10.2 Å². The van der Waals surface area contributed by atoms with E-state index in [4.69, 9.17) is 9.47 Å². The summed E-state index contributed by atoms with van der Waals surface area (Å²) in [6, 6.07) is 0.0171. The Hall–Kier alpha value is -1.14. The predicted molar refractivity (Wildman–Crippen MR) is 73.1 cm³/mol. The van der Waals surface area contributed by atoms with E-state index in [-0.39, 0.29) is 29.9 Å². The van der Waals surface area contributed by atoms with Gasteiger partial charge < -0.3 is 19.7 Å². The van der Waals surface area contributed by atoms with E-state index < -0.39 is 0 Å². The summed E-state index contributed by atoms with van der Waals surface area (Å²) in [6.45, 7) is 4.26. The van der Waals surface area contributed by atoms with Crippen LogP contribution in [0.2, 0.25) is 0 Å². The van der Waals surface area contributed by atoms with Crippen LogP contribution in [-0.2, 0) is 19.1 Å². The molecule has 2 rings (SSSR count). The number of methoxy groups -OCH3 is 1. The molecule has 2 amide bonds. The Bertz CT molecular complexity index is 355. The largest absolute Gasteiger partial charge is 0.383 e. The second kappa shape index (κ2) is 7.04. The van der Waals surface area contributed by atoms with E-state index in [1.165, 1.54) is 0 Å². The molecule has 0 radical (unpaired) electrons. The van der Waals surface area contributed by atoms with E-state index in [0.29, 0.717) is 26.1 Å².